The number of nitrogens with zero attached hydrogens (tertiary/aromatic N) is 2. The molecule has 28 heavy (non-hydrogen) atoms. The molecule has 0 bridgehead atoms. The average molecular weight is 384 g/mol. The third-order valence-corrected chi connectivity index (χ3v) is 8.04. The smallest absolute Gasteiger partial charge is 0.0645 e. The van der Waals surface area contributed by atoms with E-state index in [1.807, 2.05) is 0 Å². The molecule has 1 N–H and O–H groups in total. The van der Waals surface area contributed by atoms with E-state index in [-0.39, 0.29) is 0 Å². The lowest BCUT2D eigenvalue weighted by atomic mass is 9.60. The van der Waals surface area contributed by atoms with E-state index in [9.17, 15) is 0 Å². The van der Waals surface area contributed by atoms with Gasteiger partial charge in [-0.25, -0.2) is 0 Å². The maximum Gasteiger partial charge on any atom is 0.0645 e. The molecular weight excluding hydrogens is 346 g/mol. The van der Waals surface area contributed by atoms with Crippen molar-refractivity contribution in [3.63, 3.8) is 0 Å². The molecule has 1 atom stereocenters. The molecule has 1 aromatic carbocycles. The second-order valence-corrected chi connectivity index (χ2v) is 10.0. The Morgan fingerprint density at radius 1 is 1.04 bits per heavy atom. The molecule has 4 heteroatoms. The highest BCUT2D eigenvalue weighted by Crippen LogP contribution is 2.52. The number of rotatable bonds is 4. The van der Waals surface area contributed by atoms with Gasteiger partial charge in [0.25, 0.3) is 0 Å². The van der Waals surface area contributed by atoms with Gasteiger partial charge in [-0.1, -0.05) is 38.1 Å². The first-order valence-corrected chi connectivity index (χ1v) is 11.5. The third kappa shape index (κ3) is 3.43. The van der Waals surface area contributed by atoms with E-state index in [1.165, 1.54) is 58.4 Å². The van der Waals surface area contributed by atoms with Crippen molar-refractivity contribution >= 4 is 0 Å². The zero-order valence-electron chi connectivity index (χ0n) is 17.7. The van der Waals surface area contributed by atoms with Crippen LogP contribution in [0.2, 0.25) is 0 Å². The second kappa shape index (κ2) is 7.71. The number of ether oxygens (including phenoxy) is 1. The SMILES string of the molecule is CC(C)c1ccccc1[C@H]1CN(C2COC2)CCN1C1CC2(CCNCC2)C1. The summed E-state index contributed by atoms with van der Waals surface area (Å²) in [6.45, 7) is 12.6. The largest absolute Gasteiger partial charge is 0.378 e. The predicted molar refractivity (Wildman–Crippen MR) is 114 cm³/mol. The Balaban J connectivity index is 1.38. The molecule has 0 radical (unpaired) electrons. The van der Waals surface area contributed by atoms with E-state index in [1.54, 1.807) is 11.1 Å². The molecule has 4 nitrogen and oxygen atoms in total. The van der Waals surface area contributed by atoms with Crippen LogP contribution in [-0.2, 0) is 4.74 Å². The average Bonchev–Trinajstić information content (AvgIpc) is 2.65. The van der Waals surface area contributed by atoms with E-state index in [0.717, 1.165) is 19.3 Å². The molecule has 5 rings (SSSR count). The maximum atomic E-state index is 5.51. The lowest BCUT2D eigenvalue weighted by Gasteiger charge is -2.58. The maximum absolute atomic E-state index is 5.51. The van der Waals surface area contributed by atoms with Crippen molar-refractivity contribution in [1.82, 2.24) is 15.1 Å². The molecule has 1 spiro atoms. The normalized spacial score (nSPS) is 29.8. The highest BCUT2D eigenvalue weighted by atomic mass is 16.5. The lowest BCUT2D eigenvalue weighted by Crippen LogP contribution is -2.62. The van der Waals surface area contributed by atoms with E-state index in [4.69, 9.17) is 4.74 Å². The van der Waals surface area contributed by atoms with Crippen LogP contribution in [-0.4, -0.2) is 67.8 Å². The summed E-state index contributed by atoms with van der Waals surface area (Å²) in [5, 5.41) is 3.56. The summed E-state index contributed by atoms with van der Waals surface area (Å²) >= 11 is 0. The first-order chi connectivity index (χ1) is 13.7. The van der Waals surface area contributed by atoms with Crippen molar-refractivity contribution < 1.29 is 4.74 Å². The van der Waals surface area contributed by atoms with E-state index in [0.29, 0.717) is 23.4 Å². The standard InChI is InChI=1S/C24H37N3O/c1-18(2)21-5-3-4-6-22(21)23-15-26(20-16-28-17-20)11-12-27(23)19-13-24(14-19)7-9-25-10-8-24/h3-6,18-20,23,25H,7-17H2,1-2H3/t23-/m1/s1. The number of hydrogen-bond donors (Lipinski definition) is 1. The Labute approximate surface area is 170 Å². The van der Waals surface area contributed by atoms with Crippen LogP contribution in [0.1, 0.15) is 62.6 Å². The molecule has 0 amide bonds. The summed E-state index contributed by atoms with van der Waals surface area (Å²) in [4.78, 5) is 5.60. The highest BCUT2D eigenvalue weighted by molar-refractivity contribution is 5.33. The quantitative estimate of drug-likeness (QED) is 0.862. The minimum atomic E-state index is 0.539. The molecule has 4 fully saturated rings. The van der Waals surface area contributed by atoms with Crippen LogP contribution in [0.3, 0.4) is 0 Å². The van der Waals surface area contributed by atoms with Gasteiger partial charge in [-0.15, -0.1) is 0 Å². The summed E-state index contributed by atoms with van der Waals surface area (Å²) < 4.78 is 5.51. The Kier molecular flexibility index (Phi) is 5.25. The second-order valence-electron chi connectivity index (χ2n) is 10.0. The zero-order chi connectivity index (χ0) is 19.1. The molecule has 0 aromatic heterocycles. The molecular formula is C24H37N3O. The summed E-state index contributed by atoms with van der Waals surface area (Å²) in [5.74, 6) is 0.581. The van der Waals surface area contributed by atoms with Crippen LogP contribution >= 0.6 is 0 Å². The van der Waals surface area contributed by atoms with Crippen molar-refractivity contribution in [3.05, 3.63) is 35.4 Å². The van der Waals surface area contributed by atoms with Gasteiger partial charge in [0.2, 0.25) is 0 Å². The molecule has 1 aliphatic carbocycles. The first kappa shape index (κ1) is 19.0. The molecule has 1 saturated carbocycles. The minimum absolute atomic E-state index is 0.539. The van der Waals surface area contributed by atoms with E-state index >= 15 is 0 Å². The fraction of sp³-hybridized carbons (Fsp3) is 0.750. The minimum Gasteiger partial charge on any atom is -0.378 e. The number of hydrogen-bond acceptors (Lipinski definition) is 4. The Hall–Kier alpha value is -0.940. The summed E-state index contributed by atoms with van der Waals surface area (Å²) in [6.07, 6.45) is 5.61. The third-order valence-electron chi connectivity index (χ3n) is 8.04. The topological polar surface area (TPSA) is 27.7 Å². The van der Waals surface area contributed by atoms with Crippen LogP contribution in [0.4, 0.5) is 0 Å². The molecule has 154 valence electrons. The molecule has 0 unspecified atom stereocenters. The van der Waals surface area contributed by atoms with E-state index < -0.39 is 0 Å². The van der Waals surface area contributed by atoms with Gasteiger partial charge in [-0.2, -0.15) is 0 Å². The Bertz CT molecular complexity index is 672. The van der Waals surface area contributed by atoms with Crippen molar-refractivity contribution in [1.29, 1.82) is 0 Å². The Morgan fingerprint density at radius 3 is 2.46 bits per heavy atom. The Morgan fingerprint density at radius 2 is 1.79 bits per heavy atom. The number of nitrogens with one attached hydrogen (secondary N) is 1. The first-order valence-electron chi connectivity index (χ1n) is 11.5. The van der Waals surface area contributed by atoms with Gasteiger partial charge in [0.1, 0.15) is 0 Å². The number of piperazine rings is 1. The van der Waals surface area contributed by atoms with Crippen LogP contribution in [0, 0.1) is 5.41 Å². The molecule has 3 aliphatic heterocycles. The van der Waals surface area contributed by atoms with Crippen LogP contribution < -0.4 is 5.32 Å². The molecule has 3 saturated heterocycles. The van der Waals surface area contributed by atoms with Gasteiger partial charge in [-0.05, 0) is 61.2 Å². The van der Waals surface area contributed by atoms with Gasteiger partial charge in [0, 0.05) is 31.7 Å². The molecule has 4 aliphatic rings. The van der Waals surface area contributed by atoms with Gasteiger partial charge >= 0.3 is 0 Å². The molecule has 3 heterocycles. The van der Waals surface area contributed by atoms with Crippen molar-refractivity contribution in [3.8, 4) is 0 Å². The van der Waals surface area contributed by atoms with E-state index in [2.05, 4.69) is 53.2 Å². The summed E-state index contributed by atoms with van der Waals surface area (Å²) in [5.41, 5.74) is 3.77. The van der Waals surface area contributed by atoms with Crippen LogP contribution in [0.15, 0.2) is 24.3 Å². The fourth-order valence-corrected chi connectivity index (χ4v) is 6.18. The monoisotopic (exact) mass is 383 g/mol. The van der Waals surface area contributed by atoms with Crippen LogP contribution in [0.5, 0.6) is 0 Å². The van der Waals surface area contributed by atoms with Crippen molar-refractivity contribution in [2.45, 2.75) is 63.6 Å². The number of benzene rings is 1. The molecule has 1 aromatic rings. The van der Waals surface area contributed by atoms with Crippen molar-refractivity contribution in [2.24, 2.45) is 5.41 Å². The van der Waals surface area contributed by atoms with Crippen LogP contribution in [0.25, 0.3) is 0 Å². The number of piperidine rings is 1. The fourth-order valence-electron chi connectivity index (χ4n) is 6.18. The zero-order valence-corrected chi connectivity index (χ0v) is 17.7. The van der Waals surface area contributed by atoms with Gasteiger partial charge in [0.15, 0.2) is 0 Å². The predicted octanol–water partition coefficient (Wildman–Crippen LogP) is 3.40. The van der Waals surface area contributed by atoms with Gasteiger partial charge < -0.3 is 10.1 Å². The summed E-state index contributed by atoms with van der Waals surface area (Å²) in [6, 6.07) is 11.2. The van der Waals surface area contributed by atoms with Gasteiger partial charge in [-0.3, -0.25) is 9.80 Å². The van der Waals surface area contributed by atoms with Crippen molar-refractivity contribution in [2.75, 3.05) is 45.9 Å². The lowest BCUT2D eigenvalue weighted by molar-refractivity contribution is -0.111. The summed E-state index contributed by atoms with van der Waals surface area (Å²) in [7, 11) is 0. The highest BCUT2D eigenvalue weighted by Gasteiger charge is 2.49. The van der Waals surface area contributed by atoms with Gasteiger partial charge in [0.05, 0.1) is 19.3 Å².